The Hall–Kier alpha value is -1.15. The summed E-state index contributed by atoms with van der Waals surface area (Å²) >= 11 is 0. The van der Waals surface area contributed by atoms with Crippen LogP contribution in [0.3, 0.4) is 0 Å². The van der Waals surface area contributed by atoms with Gasteiger partial charge < -0.3 is 5.11 Å². The normalized spacial score (nSPS) is 9.69. The fourth-order valence-electron chi connectivity index (χ4n) is 1.27. The van der Waals surface area contributed by atoms with Crippen molar-refractivity contribution in [3.05, 3.63) is 41.2 Å². The van der Waals surface area contributed by atoms with Gasteiger partial charge in [0.2, 0.25) is 0 Å². The van der Waals surface area contributed by atoms with Gasteiger partial charge in [-0.05, 0) is 42.5 Å². The van der Waals surface area contributed by atoms with E-state index < -0.39 is 0 Å². The monoisotopic (exact) mass is 224 g/mol. The van der Waals surface area contributed by atoms with Gasteiger partial charge in [-0.1, -0.05) is 32.6 Å². The molecule has 90 valence electrons. The van der Waals surface area contributed by atoms with Crippen molar-refractivity contribution in [2.24, 2.45) is 0 Å². The number of hydrogen-bond acceptors (Lipinski definition) is 1. The van der Waals surface area contributed by atoms with Crippen molar-refractivity contribution in [1.29, 1.82) is 0 Å². The van der Waals surface area contributed by atoms with Gasteiger partial charge in [-0.3, -0.25) is 0 Å². The van der Waals surface area contributed by atoms with Crippen molar-refractivity contribution in [3.8, 4) is 0 Å². The summed E-state index contributed by atoms with van der Waals surface area (Å²) in [5.74, 6) is 0.218. The van der Waals surface area contributed by atoms with Crippen LogP contribution in [0.2, 0.25) is 0 Å². The molecule has 2 heteroatoms. The molecule has 0 aliphatic rings. The predicted molar refractivity (Wildman–Crippen MR) is 68.1 cm³/mol. The second kappa shape index (κ2) is 7.18. The first-order valence-electron chi connectivity index (χ1n) is 5.51. The van der Waals surface area contributed by atoms with Crippen molar-refractivity contribution in [3.63, 3.8) is 0 Å². The molecule has 0 saturated heterocycles. The molecule has 0 aliphatic heterocycles. The minimum atomic E-state index is -0.138. The van der Waals surface area contributed by atoms with Crippen LogP contribution in [0.5, 0.6) is 0 Å². The Morgan fingerprint density at radius 1 is 1.44 bits per heavy atom. The van der Waals surface area contributed by atoms with Crippen LogP contribution < -0.4 is 0 Å². The third-order valence-electron chi connectivity index (χ3n) is 2.29. The van der Waals surface area contributed by atoms with Crippen LogP contribution in [0.1, 0.15) is 43.4 Å². The van der Waals surface area contributed by atoms with E-state index in [-0.39, 0.29) is 12.4 Å². The molecule has 1 aromatic rings. The number of aliphatic hydroxyl groups is 1. The minimum Gasteiger partial charge on any atom is -0.397 e. The molecule has 0 heterocycles. The van der Waals surface area contributed by atoms with Gasteiger partial charge in [0.05, 0.1) is 0 Å². The van der Waals surface area contributed by atoms with E-state index in [1.165, 1.54) is 0 Å². The molecule has 1 N–H and O–H groups in total. The molecule has 16 heavy (non-hydrogen) atoms. The molecule has 0 saturated carbocycles. The molecule has 0 atom stereocenters. The Bertz CT molecular complexity index is 343. The van der Waals surface area contributed by atoms with E-state index in [1.807, 2.05) is 6.07 Å². The van der Waals surface area contributed by atoms with Crippen LogP contribution in [-0.2, 0) is 0 Å². The lowest BCUT2D eigenvalue weighted by Gasteiger charge is -2.09. The molecular weight excluding hydrogens is 203 g/mol. The third-order valence-corrected chi connectivity index (χ3v) is 2.29. The van der Waals surface area contributed by atoms with E-state index in [4.69, 9.17) is 5.11 Å². The molecule has 0 aromatic heterocycles. The van der Waals surface area contributed by atoms with E-state index in [0.717, 1.165) is 11.1 Å². The number of hydrogen-bond donors (Lipinski definition) is 1. The number of benzene rings is 1. The average Bonchev–Trinajstić information content (AvgIpc) is 2.22. The second-order valence-corrected chi connectivity index (χ2v) is 3.89. The van der Waals surface area contributed by atoms with Gasteiger partial charge in [0.15, 0.2) is 0 Å². The molecule has 0 fully saturated rings. The summed E-state index contributed by atoms with van der Waals surface area (Å²) in [6.07, 6.45) is 1.70. The smallest absolute Gasteiger partial charge is 0.126 e. The zero-order chi connectivity index (χ0) is 12.7. The van der Waals surface area contributed by atoms with E-state index in [2.05, 4.69) is 20.4 Å². The summed E-state index contributed by atoms with van der Waals surface area (Å²) in [4.78, 5) is 0. The summed E-state index contributed by atoms with van der Waals surface area (Å²) < 4.78 is 13.3. The van der Waals surface area contributed by atoms with Crippen LogP contribution in [0, 0.1) is 12.7 Å². The maximum absolute atomic E-state index is 13.3. The third kappa shape index (κ3) is 4.15. The Labute approximate surface area is 97.6 Å². The first-order chi connectivity index (χ1) is 7.47. The van der Waals surface area contributed by atoms with Gasteiger partial charge in [-0.2, -0.15) is 0 Å². The lowest BCUT2D eigenvalue weighted by molar-refractivity contribution is 0.318. The van der Waals surface area contributed by atoms with Gasteiger partial charge in [-0.15, -0.1) is 0 Å². The van der Waals surface area contributed by atoms with Crippen LogP contribution in [-0.4, -0.2) is 11.7 Å². The molecule has 0 amide bonds. The maximum atomic E-state index is 13.3. The van der Waals surface area contributed by atoms with Gasteiger partial charge in [0.25, 0.3) is 0 Å². The van der Waals surface area contributed by atoms with E-state index in [9.17, 15) is 4.39 Å². The molecule has 1 aromatic carbocycles. The average molecular weight is 224 g/mol. The quantitative estimate of drug-likeness (QED) is 0.807. The van der Waals surface area contributed by atoms with Crippen LogP contribution >= 0.6 is 0 Å². The topological polar surface area (TPSA) is 20.2 Å². The summed E-state index contributed by atoms with van der Waals surface area (Å²) in [6, 6.07) is 3.60. The first kappa shape index (κ1) is 14.8. The zero-order valence-electron chi connectivity index (χ0n) is 10.5. The van der Waals surface area contributed by atoms with Crippen molar-refractivity contribution >= 4 is 6.08 Å². The Balaban J connectivity index is 0.000000673. The summed E-state index contributed by atoms with van der Waals surface area (Å²) in [5, 5.41) is 7.57. The molecule has 0 radical (unpaired) electrons. The molecule has 1 rings (SSSR count). The second-order valence-electron chi connectivity index (χ2n) is 3.89. The van der Waals surface area contributed by atoms with E-state index in [1.54, 1.807) is 26.0 Å². The number of rotatable bonds is 2. The fourth-order valence-corrected chi connectivity index (χ4v) is 1.27. The molecule has 1 nitrogen and oxygen atoms in total. The molecule has 0 unspecified atom stereocenters. The highest BCUT2D eigenvalue weighted by atomic mass is 19.1. The SMILES string of the molecule is C=Cc1cc(C(C)C)cc(F)c1C.CCO. The fraction of sp³-hybridized carbons (Fsp3) is 0.429. The first-order valence-corrected chi connectivity index (χ1v) is 5.51. The van der Waals surface area contributed by atoms with Crippen molar-refractivity contribution in [2.45, 2.75) is 33.6 Å². The highest BCUT2D eigenvalue weighted by molar-refractivity contribution is 5.53. The lowest BCUT2D eigenvalue weighted by Crippen LogP contribution is -1.94. The van der Waals surface area contributed by atoms with Crippen LogP contribution in [0.4, 0.5) is 4.39 Å². The number of aliphatic hydroxyl groups excluding tert-OH is 1. The molecule has 0 bridgehead atoms. The number of halogens is 1. The lowest BCUT2D eigenvalue weighted by atomic mass is 9.97. The summed E-state index contributed by atoms with van der Waals surface area (Å²) in [7, 11) is 0. The van der Waals surface area contributed by atoms with Gasteiger partial charge in [-0.25, -0.2) is 4.39 Å². The zero-order valence-corrected chi connectivity index (χ0v) is 10.5. The molecular formula is C14H21FO. The van der Waals surface area contributed by atoms with Crippen LogP contribution in [0.15, 0.2) is 18.7 Å². The minimum absolute atomic E-state index is 0.138. The Kier molecular flexibility index (Phi) is 6.66. The molecule has 0 aliphatic carbocycles. The summed E-state index contributed by atoms with van der Waals surface area (Å²) in [5.41, 5.74) is 2.60. The van der Waals surface area contributed by atoms with Crippen molar-refractivity contribution in [2.75, 3.05) is 6.61 Å². The molecule has 0 spiro atoms. The van der Waals surface area contributed by atoms with Gasteiger partial charge in [0.1, 0.15) is 5.82 Å². The van der Waals surface area contributed by atoms with Gasteiger partial charge in [0, 0.05) is 6.61 Å². The van der Waals surface area contributed by atoms with Crippen molar-refractivity contribution < 1.29 is 9.50 Å². The van der Waals surface area contributed by atoms with E-state index in [0.29, 0.717) is 11.5 Å². The van der Waals surface area contributed by atoms with E-state index >= 15 is 0 Å². The Morgan fingerprint density at radius 3 is 2.31 bits per heavy atom. The standard InChI is InChI=1S/C12H15F.C2H6O/c1-5-10-6-11(8(2)3)7-12(13)9(10)4;1-2-3/h5-8H,1H2,2-4H3;3H,2H2,1H3. The maximum Gasteiger partial charge on any atom is 0.126 e. The summed E-state index contributed by atoms with van der Waals surface area (Å²) in [6.45, 7) is 11.5. The largest absolute Gasteiger partial charge is 0.397 e. The van der Waals surface area contributed by atoms with Crippen LogP contribution in [0.25, 0.3) is 6.08 Å². The predicted octanol–water partition coefficient (Wildman–Crippen LogP) is 3.90. The van der Waals surface area contributed by atoms with Crippen molar-refractivity contribution in [1.82, 2.24) is 0 Å². The van der Waals surface area contributed by atoms with Gasteiger partial charge >= 0.3 is 0 Å². The highest BCUT2D eigenvalue weighted by Gasteiger charge is 2.06. The Morgan fingerprint density at radius 2 is 1.94 bits per heavy atom. The highest BCUT2D eigenvalue weighted by Crippen LogP contribution is 2.22.